The molecular formula is C17H14Cl2N2O2S. The Labute approximate surface area is 153 Å². The Morgan fingerprint density at radius 3 is 2.83 bits per heavy atom. The smallest absolute Gasteiger partial charge is 0.230 e. The number of thiazole rings is 1. The predicted octanol–water partition coefficient (Wildman–Crippen LogP) is 5.18. The first kappa shape index (κ1) is 17.0. The average molecular weight is 381 g/mol. The number of nitrogens with one attached hydrogen (secondary N) is 1. The minimum absolute atomic E-state index is 0.163. The molecule has 0 spiro atoms. The molecule has 2 aromatic carbocycles. The van der Waals surface area contributed by atoms with Crippen molar-refractivity contribution in [3.05, 3.63) is 52.0 Å². The van der Waals surface area contributed by atoms with E-state index in [0.29, 0.717) is 21.8 Å². The maximum absolute atomic E-state index is 12.2. The summed E-state index contributed by atoms with van der Waals surface area (Å²) < 4.78 is 6.43. The number of carbonyl (C=O) groups is 1. The van der Waals surface area contributed by atoms with Gasteiger partial charge in [-0.05, 0) is 42.8 Å². The standard InChI is InChI=1S/C17H14Cl2N2O2S/c1-2-23-12-5-6-14-15(9-12)24-17(20-14)21-16(22)7-10-3-4-11(18)8-13(10)19/h3-6,8-9H,2,7H2,1H3,(H,20,21,22). The van der Waals surface area contributed by atoms with E-state index >= 15 is 0 Å². The van der Waals surface area contributed by atoms with Gasteiger partial charge in [0.1, 0.15) is 5.75 Å². The maximum atomic E-state index is 12.2. The lowest BCUT2D eigenvalue weighted by atomic mass is 10.1. The van der Waals surface area contributed by atoms with Gasteiger partial charge in [-0.15, -0.1) is 0 Å². The summed E-state index contributed by atoms with van der Waals surface area (Å²) >= 11 is 13.4. The van der Waals surface area contributed by atoms with Crippen LogP contribution in [0.2, 0.25) is 10.0 Å². The molecule has 1 N–H and O–H groups in total. The molecule has 1 heterocycles. The quantitative estimate of drug-likeness (QED) is 0.662. The first-order valence-corrected chi connectivity index (χ1v) is 8.89. The number of hydrogen-bond donors (Lipinski definition) is 1. The third-order valence-corrected chi connectivity index (χ3v) is 4.80. The van der Waals surface area contributed by atoms with Crippen LogP contribution in [0.25, 0.3) is 10.2 Å². The molecule has 0 aliphatic carbocycles. The summed E-state index contributed by atoms with van der Waals surface area (Å²) in [6, 6.07) is 10.7. The summed E-state index contributed by atoms with van der Waals surface area (Å²) in [5.74, 6) is 0.614. The molecule has 0 radical (unpaired) electrons. The van der Waals surface area contributed by atoms with Crippen LogP contribution < -0.4 is 10.1 Å². The molecule has 0 aliphatic heterocycles. The van der Waals surface area contributed by atoms with Crippen molar-refractivity contribution < 1.29 is 9.53 Å². The van der Waals surface area contributed by atoms with Gasteiger partial charge in [0.15, 0.2) is 5.13 Å². The number of benzene rings is 2. The Bertz CT molecular complexity index is 895. The van der Waals surface area contributed by atoms with E-state index in [1.165, 1.54) is 11.3 Å². The highest BCUT2D eigenvalue weighted by Gasteiger charge is 2.11. The SMILES string of the molecule is CCOc1ccc2nc(NC(=O)Cc3ccc(Cl)cc3Cl)sc2c1. The van der Waals surface area contributed by atoms with Crippen LogP contribution in [0.4, 0.5) is 5.13 Å². The zero-order chi connectivity index (χ0) is 17.1. The molecule has 0 saturated carbocycles. The molecule has 24 heavy (non-hydrogen) atoms. The van der Waals surface area contributed by atoms with Crippen LogP contribution in [-0.4, -0.2) is 17.5 Å². The van der Waals surface area contributed by atoms with E-state index in [4.69, 9.17) is 27.9 Å². The Hall–Kier alpha value is -1.82. The highest BCUT2D eigenvalue weighted by molar-refractivity contribution is 7.22. The van der Waals surface area contributed by atoms with Gasteiger partial charge in [0.05, 0.1) is 23.2 Å². The van der Waals surface area contributed by atoms with Crippen LogP contribution in [0.1, 0.15) is 12.5 Å². The lowest BCUT2D eigenvalue weighted by Gasteiger charge is -2.04. The fourth-order valence-electron chi connectivity index (χ4n) is 2.22. The first-order valence-electron chi connectivity index (χ1n) is 7.32. The van der Waals surface area contributed by atoms with Crippen LogP contribution in [-0.2, 0) is 11.2 Å². The van der Waals surface area contributed by atoms with Crippen molar-refractivity contribution in [3.63, 3.8) is 0 Å². The average Bonchev–Trinajstić information content (AvgIpc) is 2.92. The second-order valence-electron chi connectivity index (χ2n) is 5.04. The van der Waals surface area contributed by atoms with Gasteiger partial charge in [0.2, 0.25) is 5.91 Å². The van der Waals surface area contributed by atoms with Gasteiger partial charge >= 0.3 is 0 Å². The minimum Gasteiger partial charge on any atom is -0.494 e. The molecule has 4 nitrogen and oxygen atoms in total. The summed E-state index contributed by atoms with van der Waals surface area (Å²) in [5.41, 5.74) is 1.54. The van der Waals surface area contributed by atoms with E-state index < -0.39 is 0 Å². The number of rotatable bonds is 5. The first-order chi connectivity index (χ1) is 11.5. The van der Waals surface area contributed by atoms with Crippen LogP contribution in [0.3, 0.4) is 0 Å². The van der Waals surface area contributed by atoms with Crippen molar-refractivity contribution in [2.24, 2.45) is 0 Å². The fourth-order valence-corrected chi connectivity index (χ4v) is 3.60. The monoisotopic (exact) mass is 380 g/mol. The molecule has 1 aromatic heterocycles. The summed E-state index contributed by atoms with van der Waals surface area (Å²) in [7, 11) is 0. The fraction of sp³-hybridized carbons (Fsp3) is 0.176. The Kier molecular flexibility index (Phi) is 5.23. The second-order valence-corrected chi connectivity index (χ2v) is 6.92. The van der Waals surface area contributed by atoms with E-state index in [-0.39, 0.29) is 12.3 Å². The van der Waals surface area contributed by atoms with Gasteiger partial charge in [-0.2, -0.15) is 0 Å². The van der Waals surface area contributed by atoms with Gasteiger partial charge in [-0.25, -0.2) is 4.98 Å². The lowest BCUT2D eigenvalue weighted by molar-refractivity contribution is -0.115. The predicted molar refractivity (Wildman–Crippen MR) is 99.6 cm³/mol. The number of fused-ring (bicyclic) bond motifs is 1. The molecule has 7 heteroatoms. The minimum atomic E-state index is -0.177. The molecule has 0 saturated heterocycles. The molecule has 0 unspecified atom stereocenters. The summed E-state index contributed by atoms with van der Waals surface area (Å²) in [6.07, 6.45) is 0.163. The maximum Gasteiger partial charge on any atom is 0.230 e. The highest BCUT2D eigenvalue weighted by Crippen LogP contribution is 2.29. The normalized spacial score (nSPS) is 10.8. The number of ether oxygens (including phenoxy) is 1. The number of halogens is 2. The Morgan fingerprint density at radius 2 is 2.08 bits per heavy atom. The zero-order valence-electron chi connectivity index (χ0n) is 12.8. The van der Waals surface area contributed by atoms with Crippen molar-refractivity contribution in [2.45, 2.75) is 13.3 Å². The molecule has 0 aliphatic rings. The highest BCUT2D eigenvalue weighted by atomic mass is 35.5. The molecule has 124 valence electrons. The summed E-state index contributed by atoms with van der Waals surface area (Å²) in [5, 5.41) is 4.38. The number of amides is 1. The van der Waals surface area contributed by atoms with E-state index in [0.717, 1.165) is 21.5 Å². The second kappa shape index (κ2) is 7.38. The van der Waals surface area contributed by atoms with Gasteiger partial charge < -0.3 is 10.1 Å². The van der Waals surface area contributed by atoms with Crippen LogP contribution >= 0.6 is 34.5 Å². The largest absolute Gasteiger partial charge is 0.494 e. The molecule has 3 aromatic rings. The van der Waals surface area contributed by atoms with Crippen LogP contribution in [0.5, 0.6) is 5.75 Å². The van der Waals surface area contributed by atoms with Crippen molar-refractivity contribution in [2.75, 3.05) is 11.9 Å². The van der Waals surface area contributed by atoms with Gasteiger partial charge in [0, 0.05) is 10.0 Å². The van der Waals surface area contributed by atoms with E-state index in [2.05, 4.69) is 10.3 Å². The van der Waals surface area contributed by atoms with Crippen molar-refractivity contribution in [3.8, 4) is 5.75 Å². The summed E-state index contributed by atoms with van der Waals surface area (Å²) in [6.45, 7) is 2.54. The third-order valence-electron chi connectivity index (χ3n) is 3.28. The molecule has 0 bridgehead atoms. The van der Waals surface area contributed by atoms with Crippen molar-refractivity contribution >= 4 is 55.8 Å². The van der Waals surface area contributed by atoms with E-state index in [1.54, 1.807) is 18.2 Å². The molecular weight excluding hydrogens is 367 g/mol. The molecule has 0 fully saturated rings. The van der Waals surface area contributed by atoms with E-state index in [1.807, 2.05) is 25.1 Å². The van der Waals surface area contributed by atoms with Crippen LogP contribution in [0, 0.1) is 0 Å². The lowest BCUT2D eigenvalue weighted by Crippen LogP contribution is -2.14. The van der Waals surface area contributed by atoms with Gasteiger partial charge in [-0.1, -0.05) is 40.6 Å². The molecule has 0 atom stereocenters. The van der Waals surface area contributed by atoms with E-state index in [9.17, 15) is 4.79 Å². The number of carbonyl (C=O) groups excluding carboxylic acids is 1. The van der Waals surface area contributed by atoms with Gasteiger partial charge in [-0.3, -0.25) is 4.79 Å². The number of nitrogens with zero attached hydrogens (tertiary/aromatic N) is 1. The topological polar surface area (TPSA) is 51.2 Å². The number of anilines is 1. The molecule has 1 amide bonds. The third kappa shape index (κ3) is 3.98. The van der Waals surface area contributed by atoms with Gasteiger partial charge in [0.25, 0.3) is 0 Å². The Balaban J connectivity index is 1.73. The number of hydrogen-bond acceptors (Lipinski definition) is 4. The summed E-state index contributed by atoms with van der Waals surface area (Å²) in [4.78, 5) is 16.6. The van der Waals surface area contributed by atoms with Crippen LogP contribution in [0.15, 0.2) is 36.4 Å². The Morgan fingerprint density at radius 1 is 1.25 bits per heavy atom. The van der Waals surface area contributed by atoms with Crippen molar-refractivity contribution in [1.29, 1.82) is 0 Å². The zero-order valence-corrected chi connectivity index (χ0v) is 15.1. The number of aromatic nitrogens is 1. The molecule has 3 rings (SSSR count). The van der Waals surface area contributed by atoms with Crippen molar-refractivity contribution in [1.82, 2.24) is 4.98 Å².